The number of nitrogens with one attached hydrogen (secondary N) is 1. The van der Waals surface area contributed by atoms with Gasteiger partial charge in [0.2, 0.25) is 0 Å². The van der Waals surface area contributed by atoms with Gasteiger partial charge in [-0.25, -0.2) is 0 Å². The zero-order valence-electron chi connectivity index (χ0n) is 10.5. The number of benzene rings is 1. The Kier molecular flexibility index (Phi) is 3.02. The Hall–Kier alpha value is -1.47. The van der Waals surface area contributed by atoms with Gasteiger partial charge in [0.1, 0.15) is 6.33 Å². The Morgan fingerprint density at radius 3 is 2.89 bits per heavy atom. The first kappa shape index (κ1) is 12.6. The van der Waals surface area contributed by atoms with Gasteiger partial charge < -0.3 is 14.1 Å². The number of fused-ring (bicyclic) bond motifs is 1. The van der Waals surface area contributed by atoms with Gasteiger partial charge in [-0.15, -0.1) is 10.2 Å². The van der Waals surface area contributed by atoms with Crippen LogP contribution in [0.25, 0.3) is 11.0 Å². The lowest BCUT2D eigenvalue weighted by atomic mass is 10.2. The van der Waals surface area contributed by atoms with E-state index in [1.165, 1.54) is 0 Å². The topological polar surface area (TPSA) is 51.4 Å². The molecule has 1 aromatic carbocycles. The predicted molar refractivity (Wildman–Crippen MR) is 79.6 cm³/mol. The number of aromatic amines is 1. The molecule has 0 saturated heterocycles. The van der Waals surface area contributed by atoms with Gasteiger partial charge in [0, 0.05) is 11.5 Å². The molecule has 98 valence electrons. The highest BCUT2D eigenvalue weighted by atomic mass is 79.9. The van der Waals surface area contributed by atoms with E-state index in [4.69, 9.17) is 12.2 Å². The summed E-state index contributed by atoms with van der Waals surface area (Å²) in [6.07, 6.45) is 1.69. The van der Waals surface area contributed by atoms with Crippen LogP contribution in [0.1, 0.15) is 18.8 Å². The van der Waals surface area contributed by atoms with Crippen molar-refractivity contribution in [3.8, 4) is 0 Å². The number of nitrogens with zero attached hydrogens (tertiary/aromatic N) is 4. The monoisotopic (exact) mass is 337 g/mol. The van der Waals surface area contributed by atoms with Crippen molar-refractivity contribution < 1.29 is 0 Å². The number of halogens is 1. The van der Waals surface area contributed by atoms with E-state index in [2.05, 4.69) is 48.7 Å². The highest BCUT2D eigenvalue weighted by Gasteiger charge is 2.17. The van der Waals surface area contributed by atoms with Crippen LogP contribution in [-0.2, 0) is 7.05 Å². The molecule has 1 N–H and O–H groups in total. The number of hydrogen-bond donors (Lipinski definition) is 1. The van der Waals surface area contributed by atoms with Crippen LogP contribution in [0.15, 0.2) is 29.0 Å². The molecule has 7 heteroatoms. The first-order valence-electron chi connectivity index (χ1n) is 5.81. The summed E-state index contributed by atoms with van der Waals surface area (Å²) in [4.78, 5) is 3.22. The van der Waals surface area contributed by atoms with Crippen molar-refractivity contribution in [3.05, 3.63) is 39.6 Å². The number of aromatic nitrogens is 5. The second-order valence-electron chi connectivity index (χ2n) is 4.44. The molecular formula is C12H12BrN5S. The van der Waals surface area contributed by atoms with E-state index in [0.29, 0.717) is 4.77 Å². The van der Waals surface area contributed by atoms with Crippen molar-refractivity contribution in [2.24, 2.45) is 7.05 Å². The summed E-state index contributed by atoms with van der Waals surface area (Å²) in [6, 6.07) is 6.07. The van der Waals surface area contributed by atoms with Gasteiger partial charge in [0.05, 0.1) is 17.1 Å². The molecule has 19 heavy (non-hydrogen) atoms. The Morgan fingerprint density at radius 2 is 2.21 bits per heavy atom. The average Bonchev–Trinajstić information content (AvgIpc) is 2.91. The zero-order valence-corrected chi connectivity index (χ0v) is 12.9. The van der Waals surface area contributed by atoms with E-state index in [9.17, 15) is 0 Å². The van der Waals surface area contributed by atoms with Gasteiger partial charge in [0.25, 0.3) is 0 Å². The molecule has 0 fully saturated rings. The van der Waals surface area contributed by atoms with Crippen molar-refractivity contribution in [3.63, 3.8) is 0 Å². The molecule has 0 radical (unpaired) electrons. The molecule has 0 bridgehead atoms. The van der Waals surface area contributed by atoms with Crippen molar-refractivity contribution in [1.29, 1.82) is 0 Å². The molecule has 0 aliphatic carbocycles. The minimum Gasteiger partial charge on any atom is -0.331 e. The lowest BCUT2D eigenvalue weighted by Crippen LogP contribution is -2.12. The second-order valence-corrected chi connectivity index (χ2v) is 5.74. The van der Waals surface area contributed by atoms with E-state index < -0.39 is 0 Å². The number of aryl methyl sites for hydroxylation is 1. The second kappa shape index (κ2) is 4.57. The lowest BCUT2D eigenvalue weighted by Gasteiger charge is -2.13. The Bertz CT molecular complexity index is 800. The molecule has 3 aromatic rings. The normalized spacial score (nSPS) is 13.0. The van der Waals surface area contributed by atoms with Gasteiger partial charge in [-0.1, -0.05) is 15.9 Å². The molecule has 0 amide bonds. The molecule has 1 unspecified atom stereocenters. The predicted octanol–water partition coefficient (Wildman–Crippen LogP) is 3.20. The Labute approximate surface area is 123 Å². The van der Waals surface area contributed by atoms with Gasteiger partial charge >= 0.3 is 0 Å². The maximum absolute atomic E-state index is 5.42. The molecule has 0 spiro atoms. The minimum atomic E-state index is 0.0167. The van der Waals surface area contributed by atoms with Crippen LogP contribution >= 0.6 is 28.1 Å². The molecule has 0 aliphatic heterocycles. The Balaban J connectivity index is 2.25. The summed E-state index contributed by atoms with van der Waals surface area (Å²) in [5.41, 5.74) is 2.07. The third-order valence-electron chi connectivity index (χ3n) is 3.19. The first-order valence-corrected chi connectivity index (χ1v) is 7.01. The van der Waals surface area contributed by atoms with E-state index in [0.717, 1.165) is 21.3 Å². The molecule has 5 nitrogen and oxygen atoms in total. The lowest BCUT2D eigenvalue weighted by molar-refractivity contribution is 0.581. The molecule has 3 rings (SSSR count). The first-order chi connectivity index (χ1) is 9.08. The SMILES string of the molecule is CC(c1nncn1C)n1c(=S)[nH]c2ccc(Br)cc21. The smallest absolute Gasteiger partial charge is 0.178 e. The summed E-state index contributed by atoms with van der Waals surface area (Å²) in [5, 5.41) is 8.09. The largest absolute Gasteiger partial charge is 0.331 e. The summed E-state index contributed by atoms with van der Waals surface area (Å²) in [5.74, 6) is 0.872. The van der Waals surface area contributed by atoms with Crippen molar-refractivity contribution in [2.45, 2.75) is 13.0 Å². The summed E-state index contributed by atoms with van der Waals surface area (Å²) >= 11 is 8.92. The van der Waals surface area contributed by atoms with Gasteiger partial charge in [-0.05, 0) is 37.3 Å². The summed E-state index contributed by atoms with van der Waals surface area (Å²) < 4.78 is 5.67. The van der Waals surface area contributed by atoms with Crippen LogP contribution < -0.4 is 0 Å². The van der Waals surface area contributed by atoms with E-state index in [1.807, 2.05) is 23.7 Å². The van der Waals surface area contributed by atoms with Crippen LogP contribution in [0.2, 0.25) is 0 Å². The summed E-state index contributed by atoms with van der Waals surface area (Å²) in [6.45, 7) is 2.06. The average molecular weight is 338 g/mol. The number of rotatable bonds is 2. The van der Waals surface area contributed by atoms with Gasteiger partial charge in [-0.3, -0.25) is 0 Å². The molecule has 0 saturated carbocycles. The fourth-order valence-electron chi connectivity index (χ4n) is 2.27. The number of imidazole rings is 1. The van der Waals surface area contributed by atoms with Gasteiger partial charge in [-0.2, -0.15) is 0 Å². The quantitative estimate of drug-likeness (QED) is 0.730. The third kappa shape index (κ3) is 2.02. The maximum Gasteiger partial charge on any atom is 0.178 e. The number of hydrogen-bond acceptors (Lipinski definition) is 3. The molecule has 2 aromatic heterocycles. The molecule has 2 heterocycles. The maximum atomic E-state index is 5.42. The van der Waals surface area contributed by atoms with E-state index >= 15 is 0 Å². The number of H-pyrrole nitrogens is 1. The van der Waals surface area contributed by atoms with Crippen molar-refractivity contribution >= 4 is 39.2 Å². The van der Waals surface area contributed by atoms with Crippen molar-refractivity contribution in [1.82, 2.24) is 24.3 Å². The molecule has 0 aliphatic rings. The van der Waals surface area contributed by atoms with Crippen LogP contribution in [-0.4, -0.2) is 24.3 Å². The minimum absolute atomic E-state index is 0.0167. The summed E-state index contributed by atoms with van der Waals surface area (Å²) in [7, 11) is 1.93. The van der Waals surface area contributed by atoms with Gasteiger partial charge in [0.15, 0.2) is 10.6 Å². The highest BCUT2D eigenvalue weighted by molar-refractivity contribution is 9.10. The van der Waals surface area contributed by atoms with E-state index in [-0.39, 0.29) is 6.04 Å². The van der Waals surface area contributed by atoms with E-state index in [1.54, 1.807) is 6.33 Å². The third-order valence-corrected chi connectivity index (χ3v) is 3.98. The highest BCUT2D eigenvalue weighted by Crippen LogP contribution is 2.25. The molecule has 1 atom stereocenters. The fraction of sp³-hybridized carbons (Fsp3) is 0.250. The van der Waals surface area contributed by atoms with Crippen LogP contribution in [0, 0.1) is 4.77 Å². The van der Waals surface area contributed by atoms with Crippen LogP contribution in [0.3, 0.4) is 0 Å². The zero-order chi connectivity index (χ0) is 13.6. The standard InChI is InChI=1S/C12H12BrN5S/c1-7(11-16-14-6-17(11)2)18-10-5-8(13)3-4-9(10)15-12(18)19/h3-7H,1-2H3,(H,15,19). The van der Waals surface area contributed by atoms with Crippen LogP contribution in [0.5, 0.6) is 0 Å². The van der Waals surface area contributed by atoms with Crippen LogP contribution in [0.4, 0.5) is 0 Å². The fourth-order valence-corrected chi connectivity index (χ4v) is 2.98. The Morgan fingerprint density at radius 1 is 1.42 bits per heavy atom. The molecular weight excluding hydrogens is 326 g/mol. The van der Waals surface area contributed by atoms with Crippen molar-refractivity contribution in [2.75, 3.05) is 0 Å².